The predicted molar refractivity (Wildman–Crippen MR) is 110 cm³/mol. The molecule has 4 heteroatoms. The Balaban J connectivity index is 1.72. The normalized spacial score (nSPS) is 10.9. The summed E-state index contributed by atoms with van der Waals surface area (Å²) in [7, 11) is 1.39. The van der Waals surface area contributed by atoms with Gasteiger partial charge in [0.2, 0.25) is 5.88 Å². The Morgan fingerprint density at radius 2 is 1.56 bits per heavy atom. The monoisotopic (exact) mass is 371 g/mol. The molecule has 0 aliphatic rings. The van der Waals surface area contributed by atoms with Gasteiger partial charge in [0.25, 0.3) is 0 Å². The van der Waals surface area contributed by atoms with Crippen molar-refractivity contribution in [2.75, 3.05) is 13.7 Å². The van der Waals surface area contributed by atoms with Gasteiger partial charge >= 0.3 is 5.97 Å². The number of unbranched alkanes of at least 4 members (excludes halogenated alkanes) is 9. The molecule has 0 fully saturated rings. The summed E-state index contributed by atoms with van der Waals surface area (Å²) in [6.07, 6.45) is 12.9. The number of hydrogen-bond acceptors (Lipinski definition) is 4. The number of aromatic nitrogens is 1. The number of rotatable bonds is 13. The quantitative estimate of drug-likeness (QED) is 0.305. The summed E-state index contributed by atoms with van der Waals surface area (Å²) in [5.74, 6) is 0.127. The van der Waals surface area contributed by atoms with Gasteiger partial charge in [0, 0.05) is 11.5 Å². The third kappa shape index (κ3) is 7.20. The molecule has 2 rings (SSSR count). The third-order valence-corrected chi connectivity index (χ3v) is 4.85. The number of pyridine rings is 1. The molecule has 1 heterocycles. The van der Waals surface area contributed by atoms with Crippen LogP contribution in [0.5, 0.6) is 5.88 Å². The zero-order valence-electron chi connectivity index (χ0n) is 16.8. The molecule has 0 saturated heterocycles. The van der Waals surface area contributed by atoms with Crippen LogP contribution in [0.2, 0.25) is 0 Å². The molecule has 2 aromatic rings. The number of hydrogen-bond donors (Lipinski definition) is 0. The number of carbonyl (C=O) groups is 1. The summed E-state index contributed by atoms with van der Waals surface area (Å²) in [5, 5.41) is 0.788. The molecule has 0 saturated carbocycles. The lowest BCUT2D eigenvalue weighted by Gasteiger charge is -2.09. The lowest BCUT2D eigenvalue weighted by atomic mass is 10.1. The summed E-state index contributed by atoms with van der Waals surface area (Å²) in [6.45, 7) is 2.88. The number of ether oxygens (including phenoxy) is 2. The van der Waals surface area contributed by atoms with Crippen LogP contribution in [0.15, 0.2) is 30.3 Å². The van der Waals surface area contributed by atoms with Gasteiger partial charge in [-0.25, -0.2) is 9.78 Å². The van der Waals surface area contributed by atoms with E-state index in [1.807, 2.05) is 24.3 Å². The summed E-state index contributed by atoms with van der Waals surface area (Å²) in [6, 6.07) is 9.24. The molecule has 1 aromatic carbocycles. The van der Waals surface area contributed by atoms with E-state index in [1.54, 1.807) is 6.07 Å². The molecule has 0 atom stereocenters. The number of para-hydroxylation sites is 1. The summed E-state index contributed by atoms with van der Waals surface area (Å²) < 4.78 is 10.7. The minimum absolute atomic E-state index is 0.364. The second-order valence-corrected chi connectivity index (χ2v) is 7.05. The van der Waals surface area contributed by atoms with Crippen LogP contribution >= 0.6 is 0 Å². The largest absolute Gasteiger partial charge is 0.478 e. The van der Waals surface area contributed by atoms with Crippen LogP contribution in [-0.2, 0) is 4.74 Å². The second-order valence-electron chi connectivity index (χ2n) is 7.05. The molecule has 27 heavy (non-hydrogen) atoms. The molecule has 0 bridgehead atoms. The molecule has 148 valence electrons. The molecule has 0 N–H and O–H groups in total. The van der Waals surface area contributed by atoms with Crippen molar-refractivity contribution in [1.82, 2.24) is 4.98 Å². The van der Waals surface area contributed by atoms with Gasteiger partial charge in [-0.3, -0.25) is 0 Å². The second kappa shape index (κ2) is 12.3. The first-order valence-corrected chi connectivity index (χ1v) is 10.4. The Morgan fingerprint density at radius 1 is 0.926 bits per heavy atom. The van der Waals surface area contributed by atoms with E-state index >= 15 is 0 Å². The smallest absolute Gasteiger partial charge is 0.338 e. The lowest BCUT2D eigenvalue weighted by Crippen LogP contribution is -2.05. The topological polar surface area (TPSA) is 48.4 Å². The molecule has 0 spiro atoms. The highest BCUT2D eigenvalue weighted by Crippen LogP contribution is 2.23. The molecule has 0 unspecified atom stereocenters. The van der Waals surface area contributed by atoms with E-state index in [-0.39, 0.29) is 5.97 Å². The minimum Gasteiger partial charge on any atom is -0.478 e. The molecule has 0 radical (unpaired) electrons. The van der Waals surface area contributed by atoms with Gasteiger partial charge in [0.15, 0.2) is 0 Å². The molecule has 0 aliphatic heterocycles. The van der Waals surface area contributed by atoms with E-state index in [9.17, 15) is 4.79 Å². The van der Waals surface area contributed by atoms with Crippen LogP contribution in [0.3, 0.4) is 0 Å². The Hall–Kier alpha value is -2.10. The van der Waals surface area contributed by atoms with Gasteiger partial charge in [-0.1, -0.05) is 82.9 Å². The first kappa shape index (κ1) is 21.2. The lowest BCUT2D eigenvalue weighted by molar-refractivity contribution is 0.0602. The van der Waals surface area contributed by atoms with Crippen molar-refractivity contribution in [3.05, 3.63) is 35.9 Å². The van der Waals surface area contributed by atoms with Crippen molar-refractivity contribution in [1.29, 1.82) is 0 Å². The predicted octanol–water partition coefficient (Wildman–Crippen LogP) is 6.32. The summed E-state index contributed by atoms with van der Waals surface area (Å²) >= 11 is 0. The Bertz CT molecular complexity index is 699. The number of esters is 1. The van der Waals surface area contributed by atoms with E-state index in [0.717, 1.165) is 17.3 Å². The fourth-order valence-corrected chi connectivity index (χ4v) is 3.27. The fourth-order valence-electron chi connectivity index (χ4n) is 3.27. The number of fused-ring (bicyclic) bond motifs is 1. The maximum atomic E-state index is 12.0. The minimum atomic E-state index is -0.364. The van der Waals surface area contributed by atoms with E-state index < -0.39 is 0 Å². The number of methoxy groups -OCH3 is 1. The molecular weight excluding hydrogens is 338 g/mol. The highest BCUT2D eigenvalue weighted by molar-refractivity contribution is 6.03. The number of carbonyl (C=O) groups excluding carboxylic acids is 1. The first-order valence-electron chi connectivity index (χ1n) is 10.4. The van der Waals surface area contributed by atoms with Gasteiger partial charge in [-0.05, 0) is 12.5 Å². The van der Waals surface area contributed by atoms with E-state index in [1.165, 1.54) is 64.9 Å². The van der Waals surface area contributed by atoms with Crippen LogP contribution in [0.1, 0.15) is 81.5 Å². The first-order chi connectivity index (χ1) is 13.3. The van der Waals surface area contributed by atoms with E-state index in [2.05, 4.69) is 11.9 Å². The van der Waals surface area contributed by atoms with Crippen molar-refractivity contribution in [2.24, 2.45) is 0 Å². The van der Waals surface area contributed by atoms with Crippen molar-refractivity contribution in [3.8, 4) is 5.88 Å². The van der Waals surface area contributed by atoms with Crippen LogP contribution in [0.25, 0.3) is 10.9 Å². The average Bonchev–Trinajstić information content (AvgIpc) is 2.70. The number of nitrogens with zero attached hydrogens (tertiary/aromatic N) is 1. The van der Waals surface area contributed by atoms with Gasteiger partial charge in [-0.15, -0.1) is 0 Å². The Labute approximate surface area is 163 Å². The van der Waals surface area contributed by atoms with Gasteiger partial charge < -0.3 is 9.47 Å². The molecule has 1 aromatic heterocycles. The maximum absolute atomic E-state index is 12.0. The van der Waals surface area contributed by atoms with Crippen LogP contribution in [0, 0.1) is 0 Å². The van der Waals surface area contributed by atoms with Crippen LogP contribution < -0.4 is 4.74 Å². The molecule has 4 nitrogen and oxygen atoms in total. The number of benzene rings is 1. The van der Waals surface area contributed by atoms with Crippen molar-refractivity contribution < 1.29 is 14.3 Å². The van der Waals surface area contributed by atoms with Gasteiger partial charge in [0.1, 0.15) is 0 Å². The van der Waals surface area contributed by atoms with Crippen molar-refractivity contribution >= 4 is 16.9 Å². The standard InChI is InChI=1S/C23H33NO3/c1-3-4-5-6-7-8-9-10-11-14-17-27-22-18-20(23(25)26-2)19-15-12-13-16-21(19)24-22/h12-13,15-16,18H,3-11,14,17H2,1-2H3. The van der Waals surface area contributed by atoms with E-state index in [4.69, 9.17) is 9.47 Å². The van der Waals surface area contributed by atoms with Crippen molar-refractivity contribution in [2.45, 2.75) is 71.1 Å². The van der Waals surface area contributed by atoms with Gasteiger partial charge in [-0.2, -0.15) is 0 Å². The zero-order chi connectivity index (χ0) is 19.3. The third-order valence-electron chi connectivity index (χ3n) is 4.85. The molecule has 0 amide bonds. The molecular formula is C23H33NO3. The zero-order valence-corrected chi connectivity index (χ0v) is 16.8. The van der Waals surface area contributed by atoms with Crippen LogP contribution in [0.4, 0.5) is 0 Å². The van der Waals surface area contributed by atoms with Crippen molar-refractivity contribution in [3.63, 3.8) is 0 Å². The maximum Gasteiger partial charge on any atom is 0.338 e. The SMILES string of the molecule is CCCCCCCCCCCCOc1cc(C(=O)OC)c2ccccc2n1. The average molecular weight is 372 g/mol. The highest BCUT2D eigenvalue weighted by Gasteiger charge is 2.13. The Morgan fingerprint density at radius 3 is 2.22 bits per heavy atom. The summed E-state index contributed by atoms with van der Waals surface area (Å²) in [4.78, 5) is 16.5. The summed E-state index contributed by atoms with van der Waals surface area (Å²) in [5.41, 5.74) is 1.25. The van der Waals surface area contributed by atoms with Gasteiger partial charge in [0.05, 0.1) is 24.8 Å². The van der Waals surface area contributed by atoms with E-state index in [0.29, 0.717) is 18.1 Å². The molecule has 0 aliphatic carbocycles. The van der Waals surface area contributed by atoms with Crippen LogP contribution in [-0.4, -0.2) is 24.7 Å². The fraction of sp³-hybridized carbons (Fsp3) is 0.565. The Kier molecular flexibility index (Phi) is 9.67. The highest BCUT2D eigenvalue weighted by atomic mass is 16.5.